The van der Waals surface area contributed by atoms with Crippen molar-refractivity contribution in [2.75, 3.05) is 6.54 Å². The van der Waals surface area contributed by atoms with Gasteiger partial charge in [-0.3, -0.25) is 19.3 Å². The Morgan fingerprint density at radius 3 is 2.47 bits per heavy atom. The molecule has 1 aliphatic rings. The van der Waals surface area contributed by atoms with Crippen LogP contribution in [0.5, 0.6) is 0 Å². The Balaban J connectivity index is 2.15. The highest BCUT2D eigenvalue weighted by molar-refractivity contribution is 6.00. The number of hydrogen-bond acceptors (Lipinski definition) is 3. The van der Waals surface area contributed by atoms with Crippen LogP contribution in [0.15, 0.2) is 24.3 Å². The van der Waals surface area contributed by atoms with Gasteiger partial charge in [0.25, 0.3) is 0 Å². The van der Waals surface area contributed by atoms with Gasteiger partial charge in [0.1, 0.15) is 12.4 Å². The van der Waals surface area contributed by atoms with Crippen LogP contribution in [-0.2, 0) is 14.4 Å². The molecular weight excluding hydrogens is 253 g/mol. The molecule has 2 rings (SSSR count). The van der Waals surface area contributed by atoms with Gasteiger partial charge in [-0.25, -0.2) is 4.39 Å². The fourth-order valence-corrected chi connectivity index (χ4v) is 2.16. The molecule has 1 heterocycles. The summed E-state index contributed by atoms with van der Waals surface area (Å²) in [6.07, 6.45) is 0.0327. The van der Waals surface area contributed by atoms with Crippen LogP contribution in [0.1, 0.15) is 24.3 Å². The first-order chi connectivity index (χ1) is 8.97. The van der Waals surface area contributed by atoms with E-state index >= 15 is 0 Å². The van der Waals surface area contributed by atoms with Gasteiger partial charge in [-0.15, -0.1) is 0 Å². The first-order valence-corrected chi connectivity index (χ1v) is 5.78. The van der Waals surface area contributed by atoms with Crippen molar-refractivity contribution in [1.82, 2.24) is 4.90 Å². The second-order valence-electron chi connectivity index (χ2n) is 4.43. The molecule has 0 atom stereocenters. The molecule has 1 aromatic carbocycles. The molecule has 6 heteroatoms. The Morgan fingerprint density at radius 1 is 1.32 bits per heavy atom. The second kappa shape index (κ2) is 5.17. The number of carboxylic acids is 1. The topological polar surface area (TPSA) is 74.7 Å². The molecule has 1 aliphatic heterocycles. The molecule has 0 aliphatic carbocycles. The Kier molecular flexibility index (Phi) is 3.59. The Hall–Kier alpha value is -2.24. The van der Waals surface area contributed by atoms with Crippen molar-refractivity contribution >= 4 is 17.8 Å². The van der Waals surface area contributed by atoms with E-state index in [1.807, 2.05) is 0 Å². The number of hydrogen-bond donors (Lipinski definition) is 1. The molecule has 0 unspecified atom stereocenters. The molecule has 0 radical (unpaired) electrons. The minimum Gasteiger partial charge on any atom is -0.480 e. The fourth-order valence-electron chi connectivity index (χ4n) is 2.16. The molecular formula is C13H12FNO4. The van der Waals surface area contributed by atoms with Crippen LogP contribution in [0.25, 0.3) is 0 Å². The van der Waals surface area contributed by atoms with Crippen molar-refractivity contribution in [2.45, 2.75) is 18.8 Å². The molecule has 2 amide bonds. The Bertz CT molecular complexity index is 525. The maximum atomic E-state index is 13.1. The van der Waals surface area contributed by atoms with Crippen molar-refractivity contribution in [3.05, 3.63) is 35.6 Å². The number of benzene rings is 1. The van der Waals surface area contributed by atoms with E-state index in [9.17, 15) is 18.8 Å². The summed E-state index contributed by atoms with van der Waals surface area (Å²) in [6.45, 7) is -0.618. The van der Waals surface area contributed by atoms with Crippen LogP contribution in [0, 0.1) is 5.82 Å². The molecule has 1 saturated heterocycles. The fraction of sp³-hybridized carbons (Fsp3) is 0.308. The van der Waals surface area contributed by atoms with Crippen molar-refractivity contribution in [3.8, 4) is 0 Å². The van der Waals surface area contributed by atoms with Crippen molar-refractivity contribution < 1.29 is 23.9 Å². The Labute approximate surface area is 108 Å². The zero-order valence-electron chi connectivity index (χ0n) is 10.0. The summed E-state index contributed by atoms with van der Waals surface area (Å²) in [4.78, 5) is 34.8. The lowest BCUT2D eigenvalue weighted by atomic mass is 9.88. The number of carbonyl (C=O) groups is 3. The van der Waals surface area contributed by atoms with E-state index < -0.39 is 30.1 Å². The third-order valence-electron chi connectivity index (χ3n) is 3.06. The predicted molar refractivity (Wildman–Crippen MR) is 62.7 cm³/mol. The predicted octanol–water partition coefficient (Wildman–Crippen LogP) is 1.14. The van der Waals surface area contributed by atoms with Crippen molar-refractivity contribution in [2.24, 2.45) is 0 Å². The minimum atomic E-state index is -1.23. The van der Waals surface area contributed by atoms with Gasteiger partial charge in [0.05, 0.1) is 0 Å². The lowest BCUT2D eigenvalue weighted by Gasteiger charge is -2.29. The number of piperidine rings is 1. The van der Waals surface area contributed by atoms with Crippen molar-refractivity contribution in [1.29, 1.82) is 0 Å². The zero-order valence-corrected chi connectivity index (χ0v) is 10.0. The van der Waals surface area contributed by atoms with Gasteiger partial charge in [0.15, 0.2) is 0 Å². The lowest BCUT2D eigenvalue weighted by Crippen LogP contribution is -2.45. The van der Waals surface area contributed by atoms with Crippen LogP contribution >= 0.6 is 0 Å². The smallest absolute Gasteiger partial charge is 0.323 e. The van der Waals surface area contributed by atoms with E-state index in [4.69, 9.17) is 5.11 Å². The first-order valence-electron chi connectivity index (χ1n) is 5.78. The summed E-state index contributed by atoms with van der Waals surface area (Å²) in [6, 6.07) is 5.75. The van der Waals surface area contributed by atoms with E-state index in [1.165, 1.54) is 18.2 Å². The minimum absolute atomic E-state index is 0.0163. The number of likely N-dealkylation sites (tertiary alicyclic amines) is 1. The van der Waals surface area contributed by atoms with Gasteiger partial charge < -0.3 is 5.11 Å². The first kappa shape index (κ1) is 13.2. The third kappa shape index (κ3) is 2.96. The number of carboxylic acid groups (broad SMARTS) is 1. The average Bonchev–Trinajstić information content (AvgIpc) is 2.33. The molecule has 5 nitrogen and oxygen atoms in total. The van der Waals surface area contributed by atoms with E-state index in [1.54, 1.807) is 6.07 Å². The molecule has 100 valence electrons. The standard InChI is InChI=1S/C13H12FNO4/c14-10-3-1-2-8(4-10)9-5-11(16)15(7-13(18)19)12(17)6-9/h1-4,9H,5-7H2,(H,18,19). The van der Waals surface area contributed by atoms with Crippen molar-refractivity contribution in [3.63, 3.8) is 0 Å². The van der Waals surface area contributed by atoms with Gasteiger partial charge in [-0.1, -0.05) is 12.1 Å². The monoisotopic (exact) mass is 265 g/mol. The molecule has 0 spiro atoms. The zero-order chi connectivity index (χ0) is 14.0. The molecule has 1 N–H and O–H groups in total. The number of carbonyl (C=O) groups excluding carboxylic acids is 2. The summed E-state index contributed by atoms with van der Waals surface area (Å²) >= 11 is 0. The van der Waals surface area contributed by atoms with Gasteiger partial charge >= 0.3 is 5.97 Å². The summed E-state index contributed by atoms with van der Waals surface area (Å²) in [5.41, 5.74) is 0.580. The highest BCUT2D eigenvalue weighted by atomic mass is 19.1. The van der Waals surface area contributed by atoms with Gasteiger partial charge in [-0.05, 0) is 17.7 Å². The average molecular weight is 265 g/mol. The highest BCUT2D eigenvalue weighted by Crippen LogP contribution is 2.29. The number of imide groups is 1. The molecule has 19 heavy (non-hydrogen) atoms. The maximum absolute atomic E-state index is 13.1. The lowest BCUT2D eigenvalue weighted by molar-refractivity contribution is -0.155. The number of halogens is 1. The van der Waals surface area contributed by atoms with E-state index in [-0.39, 0.29) is 18.8 Å². The number of nitrogens with zero attached hydrogens (tertiary/aromatic N) is 1. The van der Waals surface area contributed by atoms with Gasteiger partial charge in [0.2, 0.25) is 11.8 Å². The number of amides is 2. The number of aliphatic carboxylic acids is 1. The summed E-state index contributed by atoms with van der Waals surface area (Å²) in [5.74, 6) is -3.11. The number of rotatable bonds is 3. The second-order valence-corrected chi connectivity index (χ2v) is 4.43. The summed E-state index contributed by atoms with van der Waals surface area (Å²) in [5, 5.41) is 8.62. The van der Waals surface area contributed by atoms with Gasteiger partial charge in [0, 0.05) is 18.8 Å². The highest BCUT2D eigenvalue weighted by Gasteiger charge is 2.34. The molecule has 0 aromatic heterocycles. The summed E-state index contributed by atoms with van der Waals surface area (Å²) in [7, 11) is 0. The largest absolute Gasteiger partial charge is 0.480 e. The third-order valence-corrected chi connectivity index (χ3v) is 3.06. The molecule has 1 fully saturated rings. The van der Waals surface area contributed by atoms with E-state index in [0.717, 1.165) is 4.90 Å². The van der Waals surface area contributed by atoms with Crippen LogP contribution in [0.3, 0.4) is 0 Å². The quantitative estimate of drug-likeness (QED) is 0.832. The Morgan fingerprint density at radius 2 is 1.95 bits per heavy atom. The molecule has 1 aromatic rings. The van der Waals surface area contributed by atoms with Gasteiger partial charge in [-0.2, -0.15) is 0 Å². The van der Waals surface area contributed by atoms with E-state index in [0.29, 0.717) is 5.56 Å². The summed E-state index contributed by atoms with van der Waals surface area (Å²) < 4.78 is 13.1. The van der Waals surface area contributed by atoms with E-state index in [2.05, 4.69) is 0 Å². The van der Waals surface area contributed by atoms with Crippen LogP contribution in [0.4, 0.5) is 4.39 Å². The normalized spacial score (nSPS) is 16.8. The maximum Gasteiger partial charge on any atom is 0.323 e. The molecule has 0 bridgehead atoms. The SMILES string of the molecule is O=C(O)CN1C(=O)CC(c2cccc(F)c2)CC1=O. The van der Waals surface area contributed by atoms with Crippen LogP contribution < -0.4 is 0 Å². The van der Waals surface area contributed by atoms with Crippen LogP contribution in [-0.4, -0.2) is 34.3 Å². The molecule has 0 saturated carbocycles. The van der Waals surface area contributed by atoms with Crippen LogP contribution in [0.2, 0.25) is 0 Å².